The Balaban J connectivity index is 2.29. The summed E-state index contributed by atoms with van der Waals surface area (Å²) in [6, 6.07) is 5.55. The molecule has 6 heteroatoms. The second kappa shape index (κ2) is 5.77. The van der Waals surface area contributed by atoms with Gasteiger partial charge in [0.2, 0.25) is 10.0 Å². The van der Waals surface area contributed by atoms with Crippen molar-refractivity contribution in [3.05, 3.63) is 29.8 Å². The summed E-state index contributed by atoms with van der Waals surface area (Å²) in [5.74, 6) is -1.12. The summed E-state index contributed by atoms with van der Waals surface area (Å²) in [6.45, 7) is 5.26. The van der Waals surface area contributed by atoms with Crippen LogP contribution in [0.5, 0.6) is 0 Å². The molecule has 0 spiro atoms. The molecule has 1 N–H and O–H groups in total. The minimum atomic E-state index is -3.62. The first kappa shape index (κ1) is 16.0. The summed E-state index contributed by atoms with van der Waals surface area (Å²) >= 11 is 0. The molecule has 2 rings (SSSR count). The summed E-state index contributed by atoms with van der Waals surface area (Å²) in [6.07, 6.45) is 2.63. The standard InChI is InChI=1S/C15H21NO4S/c1-15(2)7-4-9-16(10-8-15)21(19,20)13-6-3-5-12(11-13)14(17)18/h3,5-6,11H,4,7-10H2,1-2H3,(H,17,18). The normalized spacial score (nSPS) is 19.9. The Morgan fingerprint density at radius 3 is 2.62 bits per heavy atom. The van der Waals surface area contributed by atoms with E-state index >= 15 is 0 Å². The number of nitrogens with zero attached hydrogens (tertiary/aromatic N) is 1. The van der Waals surface area contributed by atoms with Gasteiger partial charge in [-0.15, -0.1) is 0 Å². The van der Waals surface area contributed by atoms with Gasteiger partial charge in [-0.3, -0.25) is 0 Å². The number of aromatic carboxylic acids is 1. The summed E-state index contributed by atoms with van der Waals surface area (Å²) < 4.78 is 26.8. The van der Waals surface area contributed by atoms with Crippen LogP contribution in [0.3, 0.4) is 0 Å². The number of sulfonamides is 1. The van der Waals surface area contributed by atoms with E-state index in [0.717, 1.165) is 19.3 Å². The summed E-state index contributed by atoms with van der Waals surface area (Å²) in [5, 5.41) is 8.99. The molecule has 5 nitrogen and oxygen atoms in total. The molecule has 1 saturated heterocycles. The fourth-order valence-electron chi connectivity index (χ4n) is 2.58. The Labute approximate surface area is 125 Å². The monoisotopic (exact) mass is 311 g/mol. The van der Waals surface area contributed by atoms with Gasteiger partial charge in [-0.25, -0.2) is 13.2 Å². The van der Waals surface area contributed by atoms with Crippen LogP contribution in [0.15, 0.2) is 29.2 Å². The molecule has 0 aromatic heterocycles. The lowest BCUT2D eigenvalue weighted by Gasteiger charge is -2.23. The zero-order chi connectivity index (χ0) is 15.7. The van der Waals surface area contributed by atoms with Crippen molar-refractivity contribution in [3.8, 4) is 0 Å². The highest BCUT2D eigenvalue weighted by atomic mass is 32.2. The summed E-state index contributed by atoms with van der Waals surface area (Å²) in [7, 11) is -3.62. The Hall–Kier alpha value is -1.40. The number of carbonyl (C=O) groups is 1. The van der Waals surface area contributed by atoms with Gasteiger partial charge in [-0.2, -0.15) is 4.31 Å². The quantitative estimate of drug-likeness (QED) is 0.931. The van der Waals surface area contributed by atoms with Gasteiger partial charge in [0.15, 0.2) is 0 Å². The molecule has 1 aliphatic heterocycles. The number of hydrogen-bond donors (Lipinski definition) is 1. The SMILES string of the molecule is CC1(C)CCCN(S(=O)(=O)c2cccc(C(=O)O)c2)CC1. The topological polar surface area (TPSA) is 74.7 Å². The van der Waals surface area contributed by atoms with Crippen LogP contribution >= 0.6 is 0 Å². The van der Waals surface area contributed by atoms with E-state index in [1.54, 1.807) is 0 Å². The zero-order valence-corrected chi connectivity index (χ0v) is 13.2. The summed E-state index contributed by atoms with van der Waals surface area (Å²) in [4.78, 5) is 11.0. The third-order valence-electron chi connectivity index (χ3n) is 4.02. The minimum absolute atomic E-state index is 0.00812. The molecular weight excluding hydrogens is 290 g/mol. The third-order valence-corrected chi connectivity index (χ3v) is 5.91. The van der Waals surface area contributed by atoms with Crippen molar-refractivity contribution in [1.82, 2.24) is 4.31 Å². The molecule has 0 bridgehead atoms. The van der Waals surface area contributed by atoms with Crippen LogP contribution in [0, 0.1) is 5.41 Å². The van der Waals surface area contributed by atoms with Crippen LogP contribution < -0.4 is 0 Å². The molecule has 0 radical (unpaired) electrons. The van der Waals surface area contributed by atoms with E-state index in [0.29, 0.717) is 13.1 Å². The average Bonchev–Trinajstić information content (AvgIpc) is 2.60. The van der Waals surface area contributed by atoms with Crippen molar-refractivity contribution in [1.29, 1.82) is 0 Å². The van der Waals surface area contributed by atoms with Crippen LogP contribution in [-0.2, 0) is 10.0 Å². The average molecular weight is 311 g/mol. The maximum Gasteiger partial charge on any atom is 0.335 e. The first-order chi connectivity index (χ1) is 9.72. The van der Waals surface area contributed by atoms with E-state index < -0.39 is 16.0 Å². The Morgan fingerprint density at radius 1 is 1.24 bits per heavy atom. The number of carboxylic acid groups (broad SMARTS) is 1. The fraction of sp³-hybridized carbons (Fsp3) is 0.533. The van der Waals surface area contributed by atoms with Gasteiger partial charge in [0.05, 0.1) is 10.5 Å². The molecular formula is C15H21NO4S. The molecule has 0 unspecified atom stereocenters. The van der Waals surface area contributed by atoms with Crippen LogP contribution in [0.25, 0.3) is 0 Å². The number of rotatable bonds is 3. The second-order valence-electron chi connectivity index (χ2n) is 6.25. The molecule has 0 saturated carbocycles. The zero-order valence-electron chi connectivity index (χ0n) is 12.4. The molecule has 1 aromatic rings. The second-order valence-corrected chi connectivity index (χ2v) is 8.19. The van der Waals surface area contributed by atoms with Crippen molar-refractivity contribution in [3.63, 3.8) is 0 Å². The van der Waals surface area contributed by atoms with Crippen molar-refractivity contribution >= 4 is 16.0 Å². The van der Waals surface area contributed by atoms with E-state index in [1.807, 2.05) is 0 Å². The van der Waals surface area contributed by atoms with E-state index in [4.69, 9.17) is 5.11 Å². The van der Waals surface area contributed by atoms with Gasteiger partial charge in [-0.1, -0.05) is 19.9 Å². The highest BCUT2D eigenvalue weighted by Gasteiger charge is 2.30. The lowest BCUT2D eigenvalue weighted by molar-refractivity contribution is 0.0696. The third kappa shape index (κ3) is 3.63. The Bertz CT molecular complexity index is 637. The van der Waals surface area contributed by atoms with Crippen LogP contribution in [-0.4, -0.2) is 36.9 Å². The summed E-state index contributed by atoms with van der Waals surface area (Å²) in [5.41, 5.74) is 0.138. The van der Waals surface area contributed by atoms with Crippen LogP contribution in [0.4, 0.5) is 0 Å². The van der Waals surface area contributed by atoms with E-state index in [1.165, 1.54) is 28.6 Å². The Morgan fingerprint density at radius 2 is 1.95 bits per heavy atom. The number of carboxylic acids is 1. The van der Waals surface area contributed by atoms with Crippen molar-refractivity contribution < 1.29 is 18.3 Å². The van der Waals surface area contributed by atoms with Gasteiger partial charge >= 0.3 is 5.97 Å². The van der Waals surface area contributed by atoms with Crippen molar-refractivity contribution in [2.24, 2.45) is 5.41 Å². The molecule has 1 aromatic carbocycles. The smallest absolute Gasteiger partial charge is 0.335 e. The minimum Gasteiger partial charge on any atom is -0.478 e. The molecule has 21 heavy (non-hydrogen) atoms. The lowest BCUT2D eigenvalue weighted by Crippen LogP contribution is -2.32. The van der Waals surface area contributed by atoms with Gasteiger partial charge in [-0.05, 0) is 42.9 Å². The molecule has 0 aliphatic carbocycles. The lowest BCUT2D eigenvalue weighted by atomic mass is 9.85. The maximum absolute atomic E-state index is 12.7. The van der Waals surface area contributed by atoms with E-state index in [2.05, 4.69) is 13.8 Å². The predicted octanol–water partition coefficient (Wildman–Crippen LogP) is 2.59. The van der Waals surface area contributed by atoms with Crippen LogP contribution in [0.1, 0.15) is 43.5 Å². The van der Waals surface area contributed by atoms with Gasteiger partial charge in [0.25, 0.3) is 0 Å². The molecule has 1 fully saturated rings. The van der Waals surface area contributed by atoms with Gasteiger partial charge < -0.3 is 5.11 Å². The fourth-order valence-corrected chi connectivity index (χ4v) is 4.10. The Kier molecular flexibility index (Phi) is 4.39. The highest BCUT2D eigenvalue weighted by molar-refractivity contribution is 7.89. The highest BCUT2D eigenvalue weighted by Crippen LogP contribution is 2.31. The largest absolute Gasteiger partial charge is 0.478 e. The van der Waals surface area contributed by atoms with Crippen molar-refractivity contribution in [2.45, 2.75) is 38.0 Å². The number of benzene rings is 1. The van der Waals surface area contributed by atoms with Gasteiger partial charge in [0, 0.05) is 13.1 Å². The maximum atomic E-state index is 12.7. The van der Waals surface area contributed by atoms with Crippen LogP contribution in [0.2, 0.25) is 0 Å². The molecule has 116 valence electrons. The first-order valence-electron chi connectivity index (χ1n) is 7.06. The number of hydrogen-bond acceptors (Lipinski definition) is 3. The first-order valence-corrected chi connectivity index (χ1v) is 8.50. The molecule has 1 heterocycles. The van der Waals surface area contributed by atoms with E-state index in [-0.39, 0.29) is 15.9 Å². The van der Waals surface area contributed by atoms with Crippen molar-refractivity contribution in [2.75, 3.05) is 13.1 Å². The molecule has 0 amide bonds. The molecule has 1 aliphatic rings. The predicted molar refractivity (Wildman–Crippen MR) is 79.8 cm³/mol. The van der Waals surface area contributed by atoms with E-state index in [9.17, 15) is 13.2 Å². The van der Waals surface area contributed by atoms with Gasteiger partial charge in [0.1, 0.15) is 0 Å². The molecule has 0 atom stereocenters.